The second-order valence-corrected chi connectivity index (χ2v) is 16.6. The number of hydrogen-bond donors (Lipinski definition) is 0. The van der Waals surface area contributed by atoms with E-state index >= 15 is 0 Å². The van der Waals surface area contributed by atoms with Crippen molar-refractivity contribution < 1.29 is 0 Å². The number of hydrogen-bond acceptors (Lipinski definition) is 4. The molecule has 0 aliphatic heterocycles. The molecular formula is C62H41N5. The largest absolute Gasteiger partial charge is 0.231 e. The molecule has 0 aliphatic carbocycles. The van der Waals surface area contributed by atoms with Crippen molar-refractivity contribution in [1.29, 1.82) is 0 Å². The van der Waals surface area contributed by atoms with Gasteiger partial charge in [0.1, 0.15) is 5.69 Å². The number of rotatable bonds is 9. The van der Waals surface area contributed by atoms with E-state index in [1.165, 1.54) is 0 Å². The predicted octanol–water partition coefficient (Wildman–Crippen LogP) is 15.7. The van der Waals surface area contributed by atoms with Gasteiger partial charge in [-0.2, -0.15) is 5.10 Å². The molecule has 0 amide bonds. The fraction of sp³-hybridized carbons (Fsp3) is 0. The zero-order valence-electron chi connectivity index (χ0n) is 36.4. The molecule has 0 spiro atoms. The van der Waals surface area contributed by atoms with Gasteiger partial charge in [-0.1, -0.05) is 231 Å². The highest BCUT2D eigenvalue weighted by Gasteiger charge is 2.25. The van der Waals surface area contributed by atoms with Gasteiger partial charge < -0.3 is 0 Å². The van der Waals surface area contributed by atoms with E-state index in [1.54, 1.807) is 0 Å². The Hall–Kier alpha value is -9.06. The van der Waals surface area contributed by atoms with Crippen LogP contribution in [0, 0.1) is 0 Å². The van der Waals surface area contributed by atoms with Gasteiger partial charge in [0.25, 0.3) is 0 Å². The maximum atomic E-state index is 5.57. The Morgan fingerprint density at radius 3 is 1.18 bits per heavy atom. The van der Waals surface area contributed by atoms with E-state index in [1.807, 2.05) is 36.4 Å². The van der Waals surface area contributed by atoms with Crippen molar-refractivity contribution in [3.8, 4) is 101 Å². The first kappa shape index (κ1) is 39.5. The van der Waals surface area contributed by atoms with E-state index in [4.69, 9.17) is 20.1 Å². The van der Waals surface area contributed by atoms with Crippen LogP contribution in [-0.4, -0.2) is 24.6 Å². The summed E-state index contributed by atoms with van der Waals surface area (Å²) >= 11 is 0. The van der Waals surface area contributed by atoms with Crippen LogP contribution in [0.4, 0.5) is 0 Å². The van der Waals surface area contributed by atoms with Gasteiger partial charge in [0.05, 0.1) is 11.2 Å². The molecule has 0 fully saturated rings. The van der Waals surface area contributed by atoms with Crippen molar-refractivity contribution in [1.82, 2.24) is 24.6 Å². The lowest BCUT2D eigenvalue weighted by atomic mass is 9.90. The first-order chi connectivity index (χ1) is 33.2. The molecule has 0 atom stereocenters. The van der Waals surface area contributed by atoms with Crippen LogP contribution >= 0.6 is 0 Å². The summed E-state index contributed by atoms with van der Waals surface area (Å²) in [6.45, 7) is 0. The molecule has 9 aromatic carbocycles. The van der Waals surface area contributed by atoms with Gasteiger partial charge in [-0.05, 0) is 57.0 Å². The Morgan fingerprint density at radius 2 is 0.627 bits per heavy atom. The third-order valence-electron chi connectivity index (χ3n) is 12.4. The molecule has 5 nitrogen and oxygen atoms in total. The number of benzene rings is 9. The summed E-state index contributed by atoms with van der Waals surface area (Å²) < 4.78 is 2.20. The molecule has 67 heavy (non-hydrogen) atoms. The first-order valence-corrected chi connectivity index (χ1v) is 22.6. The third kappa shape index (κ3) is 7.44. The molecule has 12 aromatic rings. The number of fused-ring (bicyclic) bond motifs is 3. The topological polar surface area (TPSA) is 56.0 Å². The maximum absolute atomic E-state index is 5.57. The molecule has 12 rings (SSSR count). The summed E-state index contributed by atoms with van der Waals surface area (Å²) in [5.74, 6) is 1.85. The fourth-order valence-corrected chi connectivity index (χ4v) is 9.31. The van der Waals surface area contributed by atoms with E-state index in [0.717, 1.165) is 100 Å². The van der Waals surface area contributed by atoms with E-state index in [9.17, 15) is 0 Å². The van der Waals surface area contributed by atoms with E-state index in [-0.39, 0.29) is 0 Å². The van der Waals surface area contributed by atoms with Crippen LogP contribution in [0.15, 0.2) is 249 Å². The van der Waals surface area contributed by atoms with Crippen molar-refractivity contribution in [3.05, 3.63) is 249 Å². The zero-order valence-corrected chi connectivity index (χ0v) is 36.4. The fourth-order valence-electron chi connectivity index (χ4n) is 9.31. The van der Waals surface area contributed by atoms with Crippen molar-refractivity contribution in [2.45, 2.75) is 0 Å². The first-order valence-electron chi connectivity index (χ1n) is 22.6. The van der Waals surface area contributed by atoms with Crippen LogP contribution in [0.25, 0.3) is 117 Å². The van der Waals surface area contributed by atoms with Gasteiger partial charge in [0.15, 0.2) is 17.5 Å². The summed E-state index contributed by atoms with van der Waals surface area (Å²) in [7, 11) is 0. The maximum Gasteiger partial charge on any atom is 0.164 e. The van der Waals surface area contributed by atoms with Crippen molar-refractivity contribution in [3.63, 3.8) is 0 Å². The van der Waals surface area contributed by atoms with Crippen LogP contribution in [0.2, 0.25) is 0 Å². The summed E-state index contributed by atoms with van der Waals surface area (Å²) in [6.07, 6.45) is 0. The van der Waals surface area contributed by atoms with Crippen LogP contribution in [-0.2, 0) is 0 Å². The molecule has 0 radical (unpaired) electrons. The van der Waals surface area contributed by atoms with Gasteiger partial charge >= 0.3 is 0 Å². The lowest BCUT2D eigenvalue weighted by Gasteiger charge is -2.18. The second kappa shape index (κ2) is 17.1. The van der Waals surface area contributed by atoms with Crippen LogP contribution < -0.4 is 0 Å². The standard InChI is InChI=1S/C62H41N5/c1-6-21-42(22-7-1)47-31-19-35-51(40-47)61-63-60(46-29-14-5-15-30-46)64-62(65-61)52-36-20-33-49(41-52)48-32-18-34-50(39-48)55-53-37-16-17-38-54(53)59-56(43-23-8-2-9-24-43)57(44-25-10-3-11-26-44)66-67(59)58(55)45-27-12-4-13-28-45/h1-41H. The number of pyridine rings is 1. The van der Waals surface area contributed by atoms with Crippen LogP contribution in [0.1, 0.15) is 0 Å². The monoisotopic (exact) mass is 855 g/mol. The average Bonchev–Trinajstić information content (AvgIpc) is 3.83. The predicted molar refractivity (Wildman–Crippen MR) is 275 cm³/mol. The van der Waals surface area contributed by atoms with Crippen LogP contribution in [0.5, 0.6) is 0 Å². The third-order valence-corrected chi connectivity index (χ3v) is 12.4. The summed E-state index contributed by atoms with van der Waals surface area (Å²) in [6, 6.07) is 87.0. The van der Waals surface area contributed by atoms with Gasteiger partial charge in [-0.15, -0.1) is 0 Å². The lowest BCUT2D eigenvalue weighted by molar-refractivity contribution is 0.981. The average molecular weight is 856 g/mol. The highest BCUT2D eigenvalue weighted by atomic mass is 15.2. The van der Waals surface area contributed by atoms with Gasteiger partial charge in [-0.25, -0.2) is 19.5 Å². The Bertz CT molecular complexity index is 3720. The Labute approximate surface area is 389 Å². The highest BCUT2D eigenvalue weighted by Crippen LogP contribution is 2.46. The number of nitrogens with zero attached hydrogens (tertiary/aromatic N) is 5. The van der Waals surface area contributed by atoms with E-state index in [0.29, 0.717) is 17.5 Å². The smallest absolute Gasteiger partial charge is 0.164 e. The Kier molecular flexibility index (Phi) is 10.1. The normalized spacial score (nSPS) is 11.3. The quantitative estimate of drug-likeness (QED) is 0.145. The van der Waals surface area contributed by atoms with Crippen molar-refractivity contribution in [2.75, 3.05) is 0 Å². The van der Waals surface area contributed by atoms with E-state index < -0.39 is 0 Å². The van der Waals surface area contributed by atoms with Gasteiger partial charge in [0, 0.05) is 44.3 Å². The van der Waals surface area contributed by atoms with Crippen molar-refractivity contribution in [2.24, 2.45) is 0 Å². The Balaban J connectivity index is 1.03. The lowest BCUT2D eigenvalue weighted by Crippen LogP contribution is -2.00. The molecule has 0 saturated heterocycles. The zero-order chi connectivity index (χ0) is 44.5. The highest BCUT2D eigenvalue weighted by molar-refractivity contribution is 6.15. The minimum absolute atomic E-state index is 0.608. The molecule has 0 bridgehead atoms. The molecular weight excluding hydrogens is 815 g/mol. The Morgan fingerprint density at radius 1 is 0.254 bits per heavy atom. The van der Waals surface area contributed by atoms with Crippen LogP contribution in [0.3, 0.4) is 0 Å². The molecule has 0 unspecified atom stereocenters. The second-order valence-electron chi connectivity index (χ2n) is 16.6. The summed E-state index contributed by atoms with van der Waals surface area (Å²) in [4.78, 5) is 15.3. The minimum Gasteiger partial charge on any atom is -0.231 e. The molecule has 3 heterocycles. The number of aromatic nitrogens is 5. The molecule has 314 valence electrons. The minimum atomic E-state index is 0.608. The molecule has 3 aromatic heterocycles. The van der Waals surface area contributed by atoms with Crippen molar-refractivity contribution >= 4 is 16.3 Å². The molecule has 0 N–H and O–H groups in total. The van der Waals surface area contributed by atoms with E-state index in [2.05, 4.69) is 217 Å². The van der Waals surface area contributed by atoms with Gasteiger partial charge in [-0.3, -0.25) is 0 Å². The molecule has 0 aliphatic rings. The summed E-state index contributed by atoms with van der Waals surface area (Å²) in [5.41, 5.74) is 16.7. The summed E-state index contributed by atoms with van der Waals surface area (Å²) in [5, 5.41) is 7.86. The van der Waals surface area contributed by atoms with Gasteiger partial charge in [0.2, 0.25) is 0 Å². The molecule has 5 heteroatoms. The molecule has 0 saturated carbocycles. The SMILES string of the molecule is c1ccc(-c2cccc(-c3nc(-c4ccccc4)nc(-c4cccc(-c5cccc(-c6c(-c7ccccc7)n7nc(-c8ccccc8)c(-c8ccccc8)c7c7ccccc67)c5)c4)n3)c2)cc1.